The molecule has 2 N–H and O–H groups in total. The zero-order valence-corrected chi connectivity index (χ0v) is 12.2. The Balaban J connectivity index is 1.79. The van der Waals surface area contributed by atoms with Gasteiger partial charge in [0, 0.05) is 16.3 Å². The second-order valence-corrected chi connectivity index (χ2v) is 5.04. The van der Waals surface area contributed by atoms with Crippen molar-refractivity contribution < 1.29 is 13.7 Å². The molecule has 0 saturated carbocycles. The topological polar surface area (TPSA) is 88.0 Å². The first-order valence-electron chi connectivity index (χ1n) is 6.46. The van der Waals surface area contributed by atoms with E-state index in [1.54, 1.807) is 24.3 Å². The lowest BCUT2D eigenvalue weighted by molar-refractivity contribution is 0.102. The van der Waals surface area contributed by atoms with Gasteiger partial charge in [0.1, 0.15) is 5.82 Å². The van der Waals surface area contributed by atoms with E-state index >= 15 is 0 Å². The molecule has 1 aromatic heterocycles. The second kappa shape index (κ2) is 6.05. The van der Waals surface area contributed by atoms with Gasteiger partial charge in [-0.25, -0.2) is 9.18 Å². The maximum Gasteiger partial charge on any atom is 0.439 e. The van der Waals surface area contributed by atoms with Crippen molar-refractivity contribution in [3.8, 4) is 11.4 Å². The number of aromatic nitrogens is 2. The molecule has 23 heavy (non-hydrogen) atoms. The zero-order chi connectivity index (χ0) is 16.4. The first-order valence-corrected chi connectivity index (χ1v) is 6.83. The maximum atomic E-state index is 13.6. The van der Waals surface area contributed by atoms with E-state index in [2.05, 4.69) is 20.0 Å². The number of hydrogen-bond acceptors (Lipinski definition) is 4. The van der Waals surface area contributed by atoms with Crippen molar-refractivity contribution in [3.05, 3.63) is 69.4 Å². The molecular formula is C15H9ClFN3O3. The zero-order valence-electron chi connectivity index (χ0n) is 11.5. The molecule has 0 saturated heterocycles. The highest BCUT2D eigenvalue weighted by Gasteiger charge is 2.13. The van der Waals surface area contributed by atoms with Crippen molar-refractivity contribution in [3.63, 3.8) is 0 Å². The summed E-state index contributed by atoms with van der Waals surface area (Å²) < 4.78 is 18.0. The van der Waals surface area contributed by atoms with Gasteiger partial charge < -0.3 is 5.32 Å². The van der Waals surface area contributed by atoms with Gasteiger partial charge in [-0.15, -0.1) is 0 Å². The monoisotopic (exact) mass is 333 g/mol. The highest BCUT2D eigenvalue weighted by atomic mass is 35.5. The standard InChI is InChI=1S/C15H9ClFN3O3/c16-9-3-6-12(17)11(7-9)14(21)18-10-4-1-8(2-5-10)13-19-15(22)23-20-13/h1-7H,(H,18,21)(H,19,20,22). The quantitative estimate of drug-likeness (QED) is 0.771. The van der Waals surface area contributed by atoms with E-state index in [9.17, 15) is 14.0 Å². The number of nitrogens with zero attached hydrogens (tertiary/aromatic N) is 1. The number of amides is 1. The first kappa shape index (κ1) is 15.0. The van der Waals surface area contributed by atoms with Crippen molar-refractivity contribution in [1.29, 1.82) is 0 Å². The van der Waals surface area contributed by atoms with Crippen LogP contribution in [0.1, 0.15) is 10.4 Å². The van der Waals surface area contributed by atoms with E-state index < -0.39 is 17.5 Å². The lowest BCUT2D eigenvalue weighted by Crippen LogP contribution is -2.13. The van der Waals surface area contributed by atoms with Gasteiger partial charge in [-0.05, 0) is 42.5 Å². The van der Waals surface area contributed by atoms with Crippen LogP contribution in [-0.4, -0.2) is 16.0 Å². The largest absolute Gasteiger partial charge is 0.439 e. The molecule has 116 valence electrons. The van der Waals surface area contributed by atoms with Crippen LogP contribution in [0.4, 0.5) is 10.1 Å². The molecule has 6 nitrogen and oxygen atoms in total. The van der Waals surface area contributed by atoms with Gasteiger partial charge in [-0.2, -0.15) is 0 Å². The molecular weight excluding hydrogens is 325 g/mol. The van der Waals surface area contributed by atoms with Crippen LogP contribution >= 0.6 is 11.6 Å². The summed E-state index contributed by atoms with van der Waals surface area (Å²) in [5.74, 6) is -1.67. The van der Waals surface area contributed by atoms with Crippen LogP contribution in [0.3, 0.4) is 0 Å². The average Bonchev–Trinajstić information content (AvgIpc) is 2.97. The summed E-state index contributed by atoms with van der Waals surface area (Å²) in [4.78, 5) is 25.4. The Morgan fingerprint density at radius 2 is 1.96 bits per heavy atom. The molecule has 0 aliphatic carbocycles. The molecule has 1 heterocycles. The van der Waals surface area contributed by atoms with Crippen molar-refractivity contribution in [1.82, 2.24) is 10.1 Å². The number of carbonyl (C=O) groups is 1. The molecule has 0 aliphatic rings. The smallest absolute Gasteiger partial charge is 0.322 e. The lowest BCUT2D eigenvalue weighted by Gasteiger charge is -2.07. The molecule has 8 heteroatoms. The minimum Gasteiger partial charge on any atom is -0.322 e. The number of hydrogen-bond donors (Lipinski definition) is 2. The Morgan fingerprint density at radius 3 is 2.61 bits per heavy atom. The van der Waals surface area contributed by atoms with Gasteiger partial charge in [0.2, 0.25) is 0 Å². The Morgan fingerprint density at radius 1 is 1.22 bits per heavy atom. The normalized spacial score (nSPS) is 10.5. The molecule has 0 atom stereocenters. The molecule has 0 aliphatic heterocycles. The highest BCUT2D eigenvalue weighted by Crippen LogP contribution is 2.19. The maximum absolute atomic E-state index is 13.6. The Hall–Kier alpha value is -2.93. The number of nitrogens with one attached hydrogen (secondary N) is 2. The Kier molecular flexibility index (Phi) is 3.94. The highest BCUT2D eigenvalue weighted by molar-refractivity contribution is 6.31. The minimum absolute atomic E-state index is 0.151. The van der Waals surface area contributed by atoms with Crippen LogP contribution in [0.25, 0.3) is 11.4 Å². The van der Waals surface area contributed by atoms with Crippen LogP contribution in [-0.2, 0) is 0 Å². The number of halogens is 2. The van der Waals surface area contributed by atoms with E-state index in [1.165, 1.54) is 12.1 Å². The van der Waals surface area contributed by atoms with Crippen molar-refractivity contribution >= 4 is 23.2 Å². The Labute approximate surface area is 133 Å². The van der Waals surface area contributed by atoms with E-state index in [4.69, 9.17) is 11.6 Å². The molecule has 0 unspecified atom stereocenters. The lowest BCUT2D eigenvalue weighted by atomic mass is 10.1. The average molecular weight is 334 g/mol. The van der Waals surface area contributed by atoms with Gasteiger partial charge in [0.05, 0.1) is 5.56 Å². The molecule has 3 aromatic rings. The predicted molar refractivity (Wildman–Crippen MR) is 81.9 cm³/mol. The number of aromatic amines is 1. The van der Waals surface area contributed by atoms with Gasteiger partial charge >= 0.3 is 5.76 Å². The van der Waals surface area contributed by atoms with Gasteiger partial charge in [-0.1, -0.05) is 16.8 Å². The van der Waals surface area contributed by atoms with E-state index in [0.717, 1.165) is 6.07 Å². The van der Waals surface area contributed by atoms with Gasteiger partial charge in [0.15, 0.2) is 5.82 Å². The molecule has 1 amide bonds. The summed E-state index contributed by atoms with van der Waals surface area (Å²) in [7, 11) is 0. The number of H-pyrrole nitrogens is 1. The third kappa shape index (κ3) is 3.29. The molecule has 0 fully saturated rings. The van der Waals surface area contributed by atoms with Crippen LogP contribution in [0.2, 0.25) is 5.02 Å². The number of benzene rings is 2. The van der Waals surface area contributed by atoms with Crippen molar-refractivity contribution in [2.24, 2.45) is 0 Å². The summed E-state index contributed by atoms with van der Waals surface area (Å²) in [6.07, 6.45) is 0. The summed E-state index contributed by atoms with van der Waals surface area (Å²) in [5.41, 5.74) is 0.897. The van der Waals surface area contributed by atoms with Crippen LogP contribution < -0.4 is 11.1 Å². The van der Waals surface area contributed by atoms with Crippen LogP contribution in [0, 0.1) is 5.82 Å². The molecule has 0 bridgehead atoms. The third-order valence-corrected chi connectivity index (χ3v) is 3.26. The molecule has 0 radical (unpaired) electrons. The van der Waals surface area contributed by atoms with Crippen molar-refractivity contribution in [2.75, 3.05) is 5.32 Å². The molecule has 3 rings (SSSR count). The third-order valence-electron chi connectivity index (χ3n) is 3.03. The second-order valence-electron chi connectivity index (χ2n) is 4.60. The molecule has 0 spiro atoms. The van der Waals surface area contributed by atoms with Crippen molar-refractivity contribution in [2.45, 2.75) is 0 Å². The fraction of sp³-hybridized carbons (Fsp3) is 0. The SMILES string of the molecule is O=C(Nc1ccc(-c2noc(=O)[nH]2)cc1)c1cc(Cl)ccc1F. The number of rotatable bonds is 3. The summed E-state index contributed by atoms with van der Waals surface area (Å²) in [6, 6.07) is 10.2. The summed E-state index contributed by atoms with van der Waals surface area (Å²) in [6.45, 7) is 0. The summed E-state index contributed by atoms with van der Waals surface area (Å²) >= 11 is 5.76. The van der Waals surface area contributed by atoms with Gasteiger partial charge in [0.25, 0.3) is 5.91 Å². The van der Waals surface area contributed by atoms with E-state index in [-0.39, 0.29) is 16.4 Å². The Bertz CT molecular complexity index is 918. The van der Waals surface area contributed by atoms with E-state index in [0.29, 0.717) is 11.3 Å². The fourth-order valence-electron chi connectivity index (χ4n) is 1.94. The summed E-state index contributed by atoms with van der Waals surface area (Å²) in [5, 5.41) is 6.37. The minimum atomic E-state index is -0.663. The van der Waals surface area contributed by atoms with Gasteiger partial charge in [-0.3, -0.25) is 14.3 Å². The van der Waals surface area contributed by atoms with E-state index in [1.807, 2.05) is 0 Å². The number of anilines is 1. The molecule has 2 aromatic carbocycles. The van der Waals surface area contributed by atoms with Crippen LogP contribution in [0.15, 0.2) is 51.8 Å². The first-order chi connectivity index (χ1) is 11.0. The predicted octanol–water partition coefficient (Wildman–Crippen LogP) is 3.07. The van der Waals surface area contributed by atoms with Crippen LogP contribution in [0.5, 0.6) is 0 Å². The fourth-order valence-corrected chi connectivity index (χ4v) is 2.11. The number of carbonyl (C=O) groups excluding carboxylic acids is 1.